The van der Waals surface area contributed by atoms with E-state index < -0.39 is 8.32 Å². The minimum Gasteiger partial charge on any atom is -0.543 e. The van der Waals surface area contributed by atoms with E-state index in [1.54, 1.807) is 0 Å². The summed E-state index contributed by atoms with van der Waals surface area (Å²) in [7, 11) is -1.72. The van der Waals surface area contributed by atoms with Crippen molar-refractivity contribution < 1.29 is 4.43 Å². The fourth-order valence-corrected chi connectivity index (χ4v) is 2.41. The monoisotopic (exact) mass is 262 g/mol. The zero-order valence-electron chi connectivity index (χ0n) is 12.6. The highest BCUT2D eigenvalue weighted by Crippen LogP contribution is 2.37. The SMILES string of the molecule is CCC=Cc1cccc(O[Si](C)(C)C(C)(C)C)c1. The smallest absolute Gasteiger partial charge is 0.250 e. The molecule has 1 rings (SSSR count). The summed E-state index contributed by atoms with van der Waals surface area (Å²) in [5, 5.41) is 0.238. The Morgan fingerprint density at radius 1 is 1.22 bits per heavy atom. The average molecular weight is 262 g/mol. The van der Waals surface area contributed by atoms with Crippen LogP contribution in [0.25, 0.3) is 6.08 Å². The normalized spacial score (nSPS) is 13.0. The van der Waals surface area contributed by atoms with Crippen molar-refractivity contribution in [3.8, 4) is 5.75 Å². The van der Waals surface area contributed by atoms with Crippen LogP contribution in [0.3, 0.4) is 0 Å². The number of hydrogen-bond donors (Lipinski definition) is 0. The summed E-state index contributed by atoms with van der Waals surface area (Å²) in [5.74, 6) is 1.000. The van der Waals surface area contributed by atoms with Crippen molar-refractivity contribution in [1.29, 1.82) is 0 Å². The van der Waals surface area contributed by atoms with E-state index in [4.69, 9.17) is 4.43 Å². The van der Waals surface area contributed by atoms with Crippen molar-refractivity contribution in [3.05, 3.63) is 35.9 Å². The van der Waals surface area contributed by atoms with Crippen LogP contribution < -0.4 is 4.43 Å². The number of hydrogen-bond acceptors (Lipinski definition) is 1. The first-order chi connectivity index (χ1) is 8.26. The van der Waals surface area contributed by atoms with Gasteiger partial charge in [-0.1, -0.05) is 52.0 Å². The molecule has 18 heavy (non-hydrogen) atoms. The summed E-state index contributed by atoms with van der Waals surface area (Å²) in [4.78, 5) is 0. The number of benzene rings is 1. The molecular weight excluding hydrogens is 236 g/mol. The van der Waals surface area contributed by atoms with Gasteiger partial charge in [0.2, 0.25) is 8.32 Å². The highest BCUT2D eigenvalue weighted by atomic mass is 28.4. The molecule has 0 radical (unpaired) electrons. The fourth-order valence-electron chi connectivity index (χ4n) is 1.38. The van der Waals surface area contributed by atoms with Gasteiger partial charge in [0.25, 0.3) is 0 Å². The molecular formula is C16H26OSi. The van der Waals surface area contributed by atoms with Gasteiger partial charge < -0.3 is 4.43 Å². The Kier molecular flexibility index (Phi) is 4.80. The first kappa shape index (κ1) is 15.0. The van der Waals surface area contributed by atoms with Crippen LogP contribution in [0, 0.1) is 0 Å². The highest BCUT2D eigenvalue weighted by molar-refractivity contribution is 6.74. The van der Waals surface area contributed by atoms with Gasteiger partial charge in [0.05, 0.1) is 0 Å². The average Bonchev–Trinajstić information content (AvgIpc) is 2.24. The zero-order valence-corrected chi connectivity index (χ0v) is 13.6. The van der Waals surface area contributed by atoms with Crippen molar-refractivity contribution in [3.63, 3.8) is 0 Å². The van der Waals surface area contributed by atoms with Gasteiger partial charge in [0.15, 0.2) is 0 Å². The zero-order chi connectivity index (χ0) is 13.8. The quantitative estimate of drug-likeness (QED) is 0.652. The van der Waals surface area contributed by atoms with Crippen LogP contribution in [-0.4, -0.2) is 8.32 Å². The second kappa shape index (κ2) is 5.74. The van der Waals surface area contributed by atoms with Gasteiger partial charge in [-0.3, -0.25) is 0 Å². The van der Waals surface area contributed by atoms with Crippen LogP contribution in [0.4, 0.5) is 0 Å². The molecule has 0 fully saturated rings. The van der Waals surface area contributed by atoms with Gasteiger partial charge in [-0.05, 0) is 42.2 Å². The van der Waals surface area contributed by atoms with Gasteiger partial charge in [0.1, 0.15) is 5.75 Å². The third-order valence-electron chi connectivity index (χ3n) is 3.58. The van der Waals surface area contributed by atoms with Crippen molar-refractivity contribution in [2.24, 2.45) is 0 Å². The molecule has 1 aromatic carbocycles. The topological polar surface area (TPSA) is 9.23 Å². The Morgan fingerprint density at radius 3 is 2.44 bits per heavy atom. The Bertz CT molecular complexity index is 413. The van der Waals surface area contributed by atoms with Gasteiger partial charge in [-0.25, -0.2) is 0 Å². The van der Waals surface area contributed by atoms with Crippen molar-refractivity contribution in [2.75, 3.05) is 0 Å². The molecule has 0 heterocycles. The number of rotatable bonds is 4. The van der Waals surface area contributed by atoms with E-state index >= 15 is 0 Å². The van der Waals surface area contributed by atoms with Crippen molar-refractivity contribution in [2.45, 2.75) is 52.2 Å². The van der Waals surface area contributed by atoms with Crippen LogP contribution in [0.5, 0.6) is 5.75 Å². The Labute approximate surface area is 113 Å². The second-order valence-electron chi connectivity index (χ2n) is 6.25. The Hall–Kier alpha value is -1.02. The molecule has 2 heteroatoms. The lowest BCUT2D eigenvalue weighted by atomic mass is 10.2. The molecule has 1 aromatic rings. The summed E-state index contributed by atoms with van der Waals surface area (Å²) in [6.07, 6.45) is 5.39. The van der Waals surface area contributed by atoms with Gasteiger partial charge in [-0.15, -0.1) is 0 Å². The standard InChI is InChI=1S/C16H26OSi/c1-7-8-10-14-11-9-12-15(13-14)17-18(5,6)16(2,3)4/h8-13H,7H2,1-6H3. The molecule has 0 atom stereocenters. The van der Waals surface area contributed by atoms with E-state index in [2.05, 4.69) is 77.2 Å². The Morgan fingerprint density at radius 2 is 1.89 bits per heavy atom. The van der Waals surface area contributed by atoms with Crippen LogP contribution >= 0.6 is 0 Å². The third-order valence-corrected chi connectivity index (χ3v) is 7.94. The molecule has 1 nitrogen and oxygen atoms in total. The minimum atomic E-state index is -1.72. The summed E-state index contributed by atoms with van der Waals surface area (Å²) < 4.78 is 6.29. The lowest BCUT2D eigenvalue weighted by Gasteiger charge is -2.36. The summed E-state index contributed by atoms with van der Waals surface area (Å²) in [5.41, 5.74) is 1.22. The van der Waals surface area contributed by atoms with Crippen LogP contribution in [-0.2, 0) is 0 Å². The van der Waals surface area contributed by atoms with Crippen molar-refractivity contribution in [1.82, 2.24) is 0 Å². The largest absolute Gasteiger partial charge is 0.543 e. The van der Waals surface area contributed by atoms with Crippen molar-refractivity contribution >= 4 is 14.4 Å². The van der Waals surface area contributed by atoms with Crippen LogP contribution in [0.1, 0.15) is 39.7 Å². The van der Waals surface area contributed by atoms with Gasteiger partial charge >= 0.3 is 0 Å². The van der Waals surface area contributed by atoms with Gasteiger partial charge in [-0.2, -0.15) is 0 Å². The molecule has 0 saturated heterocycles. The molecule has 0 amide bonds. The second-order valence-corrected chi connectivity index (χ2v) is 11.0. The maximum absolute atomic E-state index is 6.29. The first-order valence-electron chi connectivity index (χ1n) is 6.72. The lowest BCUT2D eigenvalue weighted by Crippen LogP contribution is -2.43. The van der Waals surface area contributed by atoms with E-state index in [-0.39, 0.29) is 5.04 Å². The third kappa shape index (κ3) is 4.02. The highest BCUT2D eigenvalue weighted by Gasteiger charge is 2.38. The summed E-state index contributed by atoms with van der Waals surface area (Å²) >= 11 is 0. The first-order valence-corrected chi connectivity index (χ1v) is 9.63. The molecule has 0 aromatic heterocycles. The van der Waals surface area contributed by atoms with E-state index in [0.29, 0.717) is 0 Å². The van der Waals surface area contributed by atoms with E-state index in [0.717, 1.165) is 12.2 Å². The molecule has 0 bridgehead atoms. The summed E-state index contributed by atoms with van der Waals surface area (Å²) in [6.45, 7) is 13.5. The molecule has 0 N–H and O–H groups in total. The molecule has 0 aliphatic heterocycles. The van der Waals surface area contributed by atoms with E-state index in [9.17, 15) is 0 Å². The molecule has 0 aliphatic carbocycles. The molecule has 0 spiro atoms. The summed E-state index contributed by atoms with van der Waals surface area (Å²) in [6, 6.07) is 8.37. The molecule has 100 valence electrons. The maximum atomic E-state index is 6.29. The molecule has 0 aliphatic rings. The van der Waals surface area contributed by atoms with E-state index in [1.807, 2.05) is 0 Å². The fraction of sp³-hybridized carbons (Fsp3) is 0.500. The van der Waals surface area contributed by atoms with Gasteiger partial charge in [0, 0.05) is 0 Å². The van der Waals surface area contributed by atoms with Crippen LogP contribution in [0.2, 0.25) is 18.1 Å². The van der Waals surface area contributed by atoms with E-state index in [1.165, 1.54) is 5.56 Å². The predicted octanol–water partition coefficient (Wildman–Crippen LogP) is 5.49. The van der Waals surface area contributed by atoms with Crippen LogP contribution in [0.15, 0.2) is 30.3 Å². The molecule has 0 saturated carbocycles. The maximum Gasteiger partial charge on any atom is 0.250 e. The predicted molar refractivity (Wildman–Crippen MR) is 83.6 cm³/mol. The Balaban J connectivity index is 2.89. The molecule has 0 unspecified atom stereocenters. The minimum absolute atomic E-state index is 0.238. The number of allylic oxidation sites excluding steroid dienone is 1. The lowest BCUT2D eigenvalue weighted by molar-refractivity contribution is 0.492.